The third kappa shape index (κ3) is 4.45. The van der Waals surface area contributed by atoms with Crippen molar-refractivity contribution < 1.29 is 4.74 Å². The Morgan fingerprint density at radius 2 is 2.05 bits per heavy atom. The molecule has 0 aliphatic heterocycles. The van der Waals surface area contributed by atoms with Gasteiger partial charge in [0.1, 0.15) is 0 Å². The van der Waals surface area contributed by atoms with E-state index in [9.17, 15) is 0 Å². The molecule has 0 saturated carbocycles. The molecule has 21 heavy (non-hydrogen) atoms. The number of ether oxygens (including phenoxy) is 1. The minimum atomic E-state index is 0.138. The van der Waals surface area contributed by atoms with Crippen molar-refractivity contribution in [3.8, 4) is 5.75 Å². The number of likely N-dealkylation sites (N-methyl/N-ethyl adjacent to an activating group) is 1. The van der Waals surface area contributed by atoms with Gasteiger partial charge < -0.3 is 15.0 Å². The minimum Gasteiger partial charge on any atom is -0.493 e. The monoisotopic (exact) mass is 296 g/mol. The number of methoxy groups -OCH3 is 1. The highest BCUT2D eigenvalue weighted by Gasteiger charge is 2.33. The number of hydrogen-bond acceptors (Lipinski definition) is 4. The van der Waals surface area contributed by atoms with Crippen molar-refractivity contribution in [3.63, 3.8) is 0 Å². The maximum atomic E-state index is 5.56. The smallest absolute Gasteiger partial charge is 0.161 e. The third-order valence-electron chi connectivity index (χ3n) is 4.20. The van der Waals surface area contributed by atoms with Gasteiger partial charge in [-0.1, -0.05) is 27.7 Å². The second kappa shape index (κ2) is 7.80. The summed E-state index contributed by atoms with van der Waals surface area (Å²) in [6.07, 6.45) is 2.92. The predicted molar refractivity (Wildman–Crippen MR) is 87.8 cm³/mol. The number of hydrogen-bond donors (Lipinski definition) is 1. The summed E-state index contributed by atoms with van der Waals surface area (Å²) in [6.45, 7) is 11.7. The van der Waals surface area contributed by atoms with Gasteiger partial charge in [-0.15, -0.1) is 0 Å². The zero-order valence-electron chi connectivity index (χ0n) is 14.7. The van der Waals surface area contributed by atoms with Gasteiger partial charge in [0.05, 0.1) is 31.6 Å². The van der Waals surface area contributed by atoms with Crippen LogP contribution in [0.25, 0.3) is 0 Å². The summed E-state index contributed by atoms with van der Waals surface area (Å²) in [5.41, 5.74) is 1.30. The molecule has 1 unspecified atom stereocenters. The van der Waals surface area contributed by atoms with Gasteiger partial charge in [-0.2, -0.15) is 5.10 Å². The minimum absolute atomic E-state index is 0.138. The molecule has 1 rings (SSSR count). The van der Waals surface area contributed by atoms with Crippen LogP contribution in [0.5, 0.6) is 5.75 Å². The Bertz CT molecular complexity index is 426. The Morgan fingerprint density at radius 1 is 1.38 bits per heavy atom. The van der Waals surface area contributed by atoms with Gasteiger partial charge in [0.15, 0.2) is 5.75 Å². The van der Waals surface area contributed by atoms with Crippen molar-refractivity contribution in [3.05, 3.63) is 11.9 Å². The average Bonchev–Trinajstić information content (AvgIpc) is 2.84. The van der Waals surface area contributed by atoms with Crippen LogP contribution in [0.2, 0.25) is 0 Å². The molecule has 5 heteroatoms. The molecular formula is C16H32N4O. The van der Waals surface area contributed by atoms with E-state index in [1.165, 1.54) is 0 Å². The summed E-state index contributed by atoms with van der Waals surface area (Å²) in [5.74, 6) is 0.876. The van der Waals surface area contributed by atoms with Gasteiger partial charge in [-0.05, 0) is 32.5 Å². The molecule has 0 aromatic carbocycles. The first kappa shape index (κ1) is 18.0. The molecule has 1 aromatic heterocycles. The normalized spacial score (nSPS) is 13.7. The van der Waals surface area contributed by atoms with Crippen molar-refractivity contribution in [2.24, 2.45) is 5.41 Å². The van der Waals surface area contributed by atoms with Crippen LogP contribution >= 0.6 is 0 Å². The van der Waals surface area contributed by atoms with Crippen molar-refractivity contribution in [1.82, 2.24) is 20.0 Å². The Labute approximate surface area is 129 Å². The van der Waals surface area contributed by atoms with Crippen molar-refractivity contribution in [2.45, 2.75) is 46.7 Å². The highest BCUT2D eigenvalue weighted by molar-refractivity contribution is 5.30. The average molecular weight is 296 g/mol. The molecule has 1 N–H and O–H groups in total. The van der Waals surface area contributed by atoms with E-state index < -0.39 is 0 Å². The molecule has 1 heterocycles. The highest BCUT2D eigenvalue weighted by Crippen LogP contribution is 2.39. The lowest BCUT2D eigenvalue weighted by Crippen LogP contribution is -2.36. The van der Waals surface area contributed by atoms with E-state index in [2.05, 4.69) is 61.8 Å². The SMILES string of the molecule is CCNC(c1c(OC)cnn1CCN(C)C)C(C)(C)CC. The predicted octanol–water partition coefficient (Wildman–Crippen LogP) is 2.54. The first-order valence-electron chi connectivity index (χ1n) is 7.85. The molecule has 5 nitrogen and oxygen atoms in total. The van der Waals surface area contributed by atoms with Gasteiger partial charge >= 0.3 is 0 Å². The van der Waals surface area contributed by atoms with Crippen LogP contribution in [0.3, 0.4) is 0 Å². The molecule has 0 aliphatic carbocycles. The molecule has 0 bridgehead atoms. The lowest BCUT2D eigenvalue weighted by Gasteiger charge is -2.35. The number of rotatable bonds is 9. The van der Waals surface area contributed by atoms with Gasteiger partial charge in [0.25, 0.3) is 0 Å². The van der Waals surface area contributed by atoms with E-state index in [4.69, 9.17) is 4.74 Å². The van der Waals surface area contributed by atoms with E-state index in [1.807, 2.05) is 6.20 Å². The molecular weight excluding hydrogens is 264 g/mol. The lowest BCUT2D eigenvalue weighted by molar-refractivity contribution is 0.218. The summed E-state index contributed by atoms with van der Waals surface area (Å²) in [4.78, 5) is 2.17. The van der Waals surface area contributed by atoms with Gasteiger partial charge in [0.2, 0.25) is 0 Å². The quantitative estimate of drug-likeness (QED) is 0.760. The van der Waals surface area contributed by atoms with Crippen LogP contribution in [0, 0.1) is 5.41 Å². The van der Waals surface area contributed by atoms with Crippen molar-refractivity contribution >= 4 is 0 Å². The molecule has 0 spiro atoms. The van der Waals surface area contributed by atoms with E-state index in [1.54, 1.807) is 7.11 Å². The third-order valence-corrected chi connectivity index (χ3v) is 4.20. The molecule has 0 radical (unpaired) electrons. The van der Waals surface area contributed by atoms with Crippen LogP contribution in [-0.4, -0.2) is 49.0 Å². The topological polar surface area (TPSA) is 42.3 Å². The molecule has 1 aromatic rings. The van der Waals surface area contributed by atoms with Gasteiger partial charge in [-0.25, -0.2) is 0 Å². The molecule has 0 saturated heterocycles. The van der Waals surface area contributed by atoms with Crippen molar-refractivity contribution in [2.75, 3.05) is 34.3 Å². The first-order chi connectivity index (χ1) is 9.87. The fourth-order valence-electron chi connectivity index (χ4n) is 2.45. The lowest BCUT2D eigenvalue weighted by atomic mass is 9.80. The van der Waals surface area contributed by atoms with Crippen LogP contribution in [0.1, 0.15) is 45.9 Å². The van der Waals surface area contributed by atoms with Crippen LogP contribution in [0.15, 0.2) is 6.20 Å². The maximum Gasteiger partial charge on any atom is 0.161 e. The maximum absolute atomic E-state index is 5.56. The van der Waals surface area contributed by atoms with E-state index >= 15 is 0 Å². The fourth-order valence-corrected chi connectivity index (χ4v) is 2.45. The Morgan fingerprint density at radius 3 is 2.52 bits per heavy atom. The Hall–Kier alpha value is -1.07. The molecule has 0 amide bonds. The number of nitrogens with zero attached hydrogens (tertiary/aromatic N) is 3. The zero-order valence-corrected chi connectivity index (χ0v) is 14.7. The summed E-state index contributed by atoms with van der Waals surface area (Å²) in [5, 5.41) is 8.16. The standard InChI is InChI=1S/C16H32N4O/c1-8-16(3,4)15(17-9-2)14-13(21-7)12-18-20(14)11-10-19(5)6/h12,15,17H,8-11H2,1-7H3. The largest absolute Gasteiger partial charge is 0.493 e. The number of nitrogens with one attached hydrogen (secondary N) is 1. The first-order valence-corrected chi connectivity index (χ1v) is 7.85. The Balaban J connectivity index is 3.18. The zero-order chi connectivity index (χ0) is 16.0. The Kier molecular flexibility index (Phi) is 6.68. The van der Waals surface area contributed by atoms with Crippen LogP contribution < -0.4 is 10.1 Å². The molecule has 0 aliphatic rings. The van der Waals surface area contributed by atoms with E-state index in [0.29, 0.717) is 0 Å². The van der Waals surface area contributed by atoms with Crippen LogP contribution in [0.4, 0.5) is 0 Å². The summed E-state index contributed by atoms with van der Waals surface area (Å²) < 4.78 is 7.65. The van der Waals surface area contributed by atoms with Gasteiger partial charge in [0, 0.05) is 6.54 Å². The molecule has 1 atom stereocenters. The van der Waals surface area contributed by atoms with Crippen LogP contribution in [-0.2, 0) is 6.54 Å². The van der Waals surface area contributed by atoms with E-state index in [0.717, 1.165) is 37.5 Å². The fraction of sp³-hybridized carbons (Fsp3) is 0.812. The second-order valence-corrected chi connectivity index (χ2v) is 6.46. The van der Waals surface area contributed by atoms with Crippen molar-refractivity contribution in [1.29, 1.82) is 0 Å². The van der Waals surface area contributed by atoms with E-state index in [-0.39, 0.29) is 11.5 Å². The molecule has 122 valence electrons. The summed E-state index contributed by atoms with van der Waals surface area (Å²) >= 11 is 0. The highest BCUT2D eigenvalue weighted by atomic mass is 16.5. The summed E-state index contributed by atoms with van der Waals surface area (Å²) in [6, 6.07) is 0.229. The second-order valence-electron chi connectivity index (χ2n) is 6.46. The number of aromatic nitrogens is 2. The molecule has 0 fully saturated rings. The van der Waals surface area contributed by atoms with Gasteiger partial charge in [-0.3, -0.25) is 4.68 Å². The summed E-state index contributed by atoms with van der Waals surface area (Å²) in [7, 11) is 5.88.